The van der Waals surface area contributed by atoms with Gasteiger partial charge in [-0.2, -0.15) is 0 Å². The maximum atomic E-state index is 10.7. The van der Waals surface area contributed by atoms with E-state index in [0.29, 0.717) is 19.0 Å². The Hall–Kier alpha value is -2.76. The maximum Gasteiger partial charge on any atom is 0.407 e. The fourth-order valence-electron chi connectivity index (χ4n) is 2.33. The van der Waals surface area contributed by atoms with Gasteiger partial charge in [0.1, 0.15) is 11.9 Å². The molecule has 1 aromatic heterocycles. The number of nitrogens with zero attached hydrogens (tertiary/aromatic N) is 2. The molecule has 0 unspecified atom stereocenters. The monoisotopic (exact) mass is 300 g/mol. The first-order chi connectivity index (χ1) is 10.7. The van der Waals surface area contributed by atoms with Gasteiger partial charge in [0.25, 0.3) is 0 Å². The van der Waals surface area contributed by atoms with Gasteiger partial charge in [-0.3, -0.25) is 0 Å². The number of aromatic nitrogens is 1. The number of rotatable bonds is 4. The first-order valence-corrected chi connectivity index (χ1v) is 6.91. The lowest BCUT2D eigenvalue weighted by Gasteiger charge is -2.36. The SMILES string of the molecule is COc1ccccc1-c1ccc(OC2CN(C(=O)O)C2)nc1. The third-order valence-electron chi connectivity index (χ3n) is 3.56. The van der Waals surface area contributed by atoms with Gasteiger partial charge >= 0.3 is 6.09 Å². The third-order valence-corrected chi connectivity index (χ3v) is 3.56. The summed E-state index contributed by atoms with van der Waals surface area (Å²) in [7, 11) is 1.63. The average Bonchev–Trinajstić information content (AvgIpc) is 2.50. The van der Waals surface area contributed by atoms with Crippen molar-refractivity contribution in [1.82, 2.24) is 9.88 Å². The van der Waals surface area contributed by atoms with Crippen molar-refractivity contribution in [3.63, 3.8) is 0 Å². The molecule has 2 heterocycles. The molecule has 1 saturated heterocycles. The van der Waals surface area contributed by atoms with Gasteiger partial charge in [0.05, 0.1) is 20.2 Å². The Morgan fingerprint density at radius 2 is 2.05 bits per heavy atom. The number of para-hydroxylation sites is 1. The molecule has 6 heteroatoms. The van der Waals surface area contributed by atoms with Crippen LogP contribution in [0.3, 0.4) is 0 Å². The first kappa shape index (κ1) is 14.2. The minimum atomic E-state index is -0.917. The zero-order valence-electron chi connectivity index (χ0n) is 12.1. The molecular weight excluding hydrogens is 284 g/mol. The highest BCUT2D eigenvalue weighted by Crippen LogP contribution is 2.29. The Labute approximate surface area is 127 Å². The molecule has 1 fully saturated rings. The van der Waals surface area contributed by atoms with Gasteiger partial charge in [0.15, 0.2) is 0 Å². The molecule has 0 bridgehead atoms. The minimum Gasteiger partial charge on any atom is -0.496 e. The van der Waals surface area contributed by atoms with Crippen molar-refractivity contribution in [3.8, 4) is 22.8 Å². The van der Waals surface area contributed by atoms with Crippen molar-refractivity contribution in [2.45, 2.75) is 6.10 Å². The molecule has 22 heavy (non-hydrogen) atoms. The van der Waals surface area contributed by atoms with Gasteiger partial charge in [-0.15, -0.1) is 0 Å². The van der Waals surface area contributed by atoms with Crippen LogP contribution in [-0.2, 0) is 0 Å². The van der Waals surface area contributed by atoms with Crippen LogP contribution in [0.1, 0.15) is 0 Å². The van der Waals surface area contributed by atoms with Crippen LogP contribution in [0.5, 0.6) is 11.6 Å². The van der Waals surface area contributed by atoms with Crippen molar-refractivity contribution in [2.75, 3.05) is 20.2 Å². The summed E-state index contributed by atoms with van der Waals surface area (Å²) in [5, 5.41) is 8.77. The fourth-order valence-corrected chi connectivity index (χ4v) is 2.33. The molecule has 0 aliphatic carbocycles. The van der Waals surface area contributed by atoms with Crippen molar-refractivity contribution in [1.29, 1.82) is 0 Å². The minimum absolute atomic E-state index is 0.124. The smallest absolute Gasteiger partial charge is 0.407 e. The highest BCUT2D eigenvalue weighted by atomic mass is 16.5. The molecule has 0 radical (unpaired) electrons. The summed E-state index contributed by atoms with van der Waals surface area (Å²) in [5.74, 6) is 1.28. The molecule has 0 saturated carbocycles. The number of ether oxygens (including phenoxy) is 2. The van der Waals surface area contributed by atoms with E-state index in [0.717, 1.165) is 16.9 Å². The second kappa shape index (κ2) is 5.93. The molecule has 114 valence electrons. The third kappa shape index (κ3) is 2.81. The summed E-state index contributed by atoms with van der Waals surface area (Å²) in [6.07, 6.45) is 0.681. The molecular formula is C16H16N2O4. The number of pyridine rings is 1. The quantitative estimate of drug-likeness (QED) is 0.939. The van der Waals surface area contributed by atoms with Crippen LogP contribution in [-0.4, -0.2) is 47.4 Å². The molecule has 1 aliphatic heterocycles. The number of likely N-dealkylation sites (tertiary alicyclic amines) is 1. The summed E-state index contributed by atoms with van der Waals surface area (Å²) in [6, 6.07) is 11.4. The molecule has 1 aromatic carbocycles. The number of benzene rings is 1. The molecule has 6 nitrogen and oxygen atoms in total. The normalized spacial score (nSPS) is 14.3. The molecule has 1 amide bonds. The standard InChI is InChI=1S/C16H16N2O4/c1-21-14-5-3-2-4-13(14)11-6-7-15(17-8-11)22-12-9-18(10-12)16(19)20/h2-8,12H,9-10H2,1H3,(H,19,20). The Kier molecular flexibility index (Phi) is 3.82. The number of hydrogen-bond acceptors (Lipinski definition) is 4. The van der Waals surface area contributed by atoms with Gasteiger partial charge in [-0.1, -0.05) is 18.2 Å². The first-order valence-electron chi connectivity index (χ1n) is 6.91. The van der Waals surface area contributed by atoms with Gasteiger partial charge in [0.2, 0.25) is 5.88 Å². The van der Waals surface area contributed by atoms with E-state index in [4.69, 9.17) is 14.6 Å². The van der Waals surface area contributed by atoms with Crippen LogP contribution in [0.4, 0.5) is 4.79 Å². The van der Waals surface area contributed by atoms with Gasteiger partial charge < -0.3 is 19.5 Å². The van der Waals surface area contributed by atoms with E-state index >= 15 is 0 Å². The lowest BCUT2D eigenvalue weighted by Crippen LogP contribution is -2.55. The van der Waals surface area contributed by atoms with E-state index in [9.17, 15) is 4.79 Å². The van der Waals surface area contributed by atoms with E-state index in [1.54, 1.807) is 19.4 Å². The van der Waals surface area contributed by atoms with E-state index in [2.05, 4.69) is 4.98 Å². The highest BCUT2D eigenvalue weighted by Gasteiger charge is 2.32. The van der Waals surface area contributed by atoms with E-state index in [1.165, 1.54) is 4.90 Å². The largest absolute Gasteiger partial charge is 0.496 e. The summed E-state index contributed by atoms with van der Waals surface area (Å²) < 4.78 is 11.0. The number of hydrogen-bond donors (Lipinski definition) is 1. The Balaban J connectivity index is 1.67. The van der Waals surface area contributed by atoms with Crippen molar-refractivity contribution in [2.24, 2.45) is 0 Å². The second-order valence-electron chi connectivity index (χ2n) is 5.01. The lowest BCUT2D eigenvalue weighted by atomic mass is 10.1. The van der Waals surface area contributed by atoms with Crippen LogP contribution in [0, 0.1) is 0 Å². The van der Waals surface area contributed by atoms with Crippen LogP contribution in [0.25, 0.3) is 11.1 Å². The molecule has 1 N–H and O–H groups in total. The molecule has 0 spiro atoms. The molecule has 0 atom stereocenters. The summed E-state index contributed by atoms with van der Waals surface area (Å²) in [5.41, 5.74) is 1.90. The summed E-state index contributed by atoms with van der Waals surface area (Å²) in [6.45, 7) is 0.760. The predicted molar refractivity (Wildman–Crippen MR) is 80.2 cm³/mol. The fraction of sp³-hybridized carbons (Fsp3) is 0.250. The van der Waals surface area contributed by atoms with Crippen LogP contribution < -0.4 is 9.47 Å². The zero-order valence-corrected chi connectivity index (χ0v) is 12.1. The van der Waals surface area contributed by atoms with Gasteiger partial charge in [-0.25, -0.2) is 9.78 Å². The lowest BCUT2D eigenvalue weighted by molar-refractivity contribution is 0.0228. The summed E-state index contributed by atoms with van der Waals surface area (Å²) in [4.78, 5) is 16.3. The number of amides is 1. The van der Waals surface area contributed by atoms with E-state index in [-0.39, 0.29) is 6.10 Å². The molecule has 2 aromatic rings. The van der Waals surface area contributed by atoms with Crippen molar-refractivity contribution < 1.29 is 19.4 Å². The van der Waals surface area contributed by atoms with Crippen molar-refractivity contribution >= 4 is 6.09 Å². The number of carboxylic acid groups (broad SMARTS) is 1. The topological polar surface area (TPSA) is 71.9 Å². The Bertz CT molecular complexity index is 666. The highest BCUT2D eigenvalue weighted by molar-refractivity contribution is 5.69. The van der Waals surface area contributed by atoms with Crippen LogP contribution in [0.15, 0.2) is 42.6 Å². The predicted octanol–water partition coefficient (Wildman–Crippen LogP) is 2.50. The van der Waals surface area contributed by atoms with Crippen molar-refractivity contribution in [3.05, 3.63) is 42.6 Å². The molecule has 3 rings (SSSR count). The van der Waals surface area contributed by atoms with Gasteiger partial charge in [0, 0.05) is 23.4 Å². The average molecular weight is 300 g/mol. The number of carbonyl (C=O) groups is 1. The van der Waals surface area contributed by atoms with Gasteiger partial charge in [-0.05, 0) is 12.1 Å². The zero-order chi connectivity index (χ0) is 15.5. The van der Waals surface area contributed by atoms with Crippen LogP contribution in [0.2, 0.25) is 0 Å². The summed E-state index contributed by atoms with van der Waals surface area (Å²) >= 11 is 0. The van der Waals surface area contributed by atoms with Crippen LogP contribution >= 0.6 is 0 Å². The Morgan fingerprint density at radius 1 is 1.27 bits per heavy atom. The van der Waals surface area contributed by atoms with E-state index in [1.807, 2.05) is 30.3 Å². The maximum absolute atomic E-state index is 10.7. The second-order valence-corrected chi connectivity index (χ2v) is 5.01. The molecule has 1 aliphatic rings. The number of methoxy groups -OCH3 is 1. The Morgan fingerprint density at radius 3 is 2.68 bits per heavy atom. The van der Waals surface area contributed by atoms with E-state index < -0.39 is 6.09 Å².